The van der Waals surface area contributed by atoms with Crippen LogP contribution in [0.2, 0.25) is 0 Å². The van der Waals surface area contributed by atoms with Crippen LogP contribution in [0.1, 0.15) is 0 Å². The van der Waals surface area contributed by atoms with Gasteiger partial charge in [0.25, 0.3) is 0 Å². The van der Waals surface area contributed by atoms with E-state index in [0.29, 0.717) is 0 Å². The highest BCUT2D eigenvalue weighted by Gasteiger charge is 2.11. The minimum atomic E-state index is -0.375. The minimum absolute atomic E-state index is 0.0101. The Morgan fingerprint density at radius 3 is 3.27 bits per heavy atom. The number of azide groups is 1. The van der Waals surface area contributed by atoms with Crippen molar-refractivity contribution in [2.45, 2.75) is 0 Å². The van der Waals surface area contributed by atoms with E-state index in [0.717, 1.165) is 6.26 Å². The van der Waals surface area contributed by atoms with Crippen LogP contribution in [-0.4, -0.2) is 19.2 Å². The Morgan fingerprint density at radius 2 is 2.55 bits per heavy atom. The van der Waals surface area contributed by atoms with Crippen LogP contribution >= 0.6 is 0 Å². The maximum absolute atomic E-state index is 10.9. The van der Waals surface area contributed by atoms with Crippen LogP contribution in [0.15, 0.2) is 17.1 Å². The third-order valence-electron chi connectivity index (χ3n) is 1.02. The summed E-state index contributed by atoms with van der Waals surface area (Å²) in [4.78, 5) is 13.3. The fourth-order valence-corrected chi connectivity index (χ4v) is 0.563. The molecule has 0 saturated carbocycles. The quantitative estimate of drug-likeness (QED) is 0.317. The lowest BCUT2D eigenvalue weighted by Gasteiger charge is -1.93. The third-order valence-corrected chi connectivity index (χ3v) is 1.02. The SMILES string of the molecule is [N-]=[N+]=NC1=COCOCC1=O. The van der Waals surface area contributed by atoms with E-state index in [4.69, 9.17) is 5.53 Å². The minimum Gasteiger partial charge on any atom is -0.475 e. The Labute approximate surface area is 62.0 Å². The summed E-state index contributed by atoms with van der Waals surface area (Å²) in [6, 6.07) is 0. The van der Waals surface area contributed by atoms with Gasteiger partial charge in [-0.3, -0.25) is 4.79 Å². The summed E-state index contributed by atoms with van der Waals surface area (Å²) in [5.74, 6) is -0.375. The van der Waals surface area contributed by atoms with Gasteiger partial charge in [-0.25, -0.2) is 0 Å². The molecule has 1 heterocycles. The predicted molar refractivity (Wildman–Crippen MR) is 34.1 cm³/mol. The summed E-state index contributed by atoms with van der Waals surface area (Å²) in [5.41, 5.74) is 7.95. The number of hydrogen-bond donors (Lipinski definition) is 0. The van der Waals surface area contributed by atoms with E-state index in [1.807, 2.05) is 0 Å². The van der Waals surface area contributed by atoms with Crippen molar-refractivity contribution in [3.63, 3.8) is 0 Å². The predicted octanol–water partition coefficient (Wildman–Crippen LogP) is 0.711. The van der Waals surface area contributed by atoms with Crippen molar-refractivity contribution < 1.29 is 14.3 Å². The molecule has 0 fully saturated rings. The first-order chi connectivity index (χ1) is 5.34. The van der Waals surface area contributed by atoms with Crippen molar-refractivity contribution in [3.8, 4) is 0 Å². The van der Waals surface area contributed by atoms with E-state index in [-0.39, 0.29) is 24.9 Å². The Balaban J connectivity index is 2.78. The van der Waals surface area contributed by atoms with Crippen molar-refractivity contribution >= 4 is 5.78 Å². The zero-order valence-corrected chi connectivity index (χ0v) is 5.56. The molecule has 0 aromatic rings. The fourth-order valence-electron chi connectivity index (χ4n) is 0.563. The average molecular weight is 155 g/mol. The monoisotopic (exact) mass is 155 g/mol. The number of rotatable bonds is 1. The molecule has 1 rings (SSSR count). The molecule has 0 aromatic carbocycles. The topological polar surface area (TPSA) is 84.3 Å². The lowest BCUT2D eigenvalue weighted by atomic mass is 10.3. The van der Waals surface area contributed by atoms with Crippen LogP contribution in [0, 0.1) is 0 Å². The summed E-state index contributed by atoms with van der Waals surface area (Å²) in [7, 11) is 0. The number of carbonyl (C=O) groups excluding carboxylic acids is 1. The first-order valence-electron chi connectivity index (χ1n) is 2.82. The zero-order chi connectivity index (χ0) is 8.10. The van der Waals surface area contributed by atoms with E-state index < -0.39 is 0 Å². The van der Waals surface area contributed by atoms with Crippen molar-refractivity contribution in [2.75, 3.05) is 13.4 Å². The molecule has 6 nitrogen and oxygen atoms in total. The van der Waals surface area contributed by atoms with E-state index in [1.165, 1.54) is 0 Å². The second kappa shape index (κ2) is 3.60. The highest BCUT2D eigenvalue weighted by atomic mass is 16.7. The van der Waals surface area contributed by atoms with E-state index in [2.05, 4.69) is 19.5 Å². The molecular weight excluding hydrogens is 150 g/mol. The number of ether oxygens (including phenoxy) is 2. The van der Waals surface area contributed by atoms with Crippen molar-refractivity contribution in [3.05, 3.63) is 22.4 Å². The molecule has 0 saturated heterocycles. The highest BCUT2D eigenvalue weighted by molar-refractivity contribution is 5.95. The van der Waals surface area contributed by atoms with Gasteiger partial charge in [0.05, 0.1) is 6.26 Å². The van der Waals surface area contributed by atoms with Gasteiger partial charge < -0.3 is 9.47 Å². The number of nitrogens with zero attached hydrogens (tertiary/aromatic N) is 3. The second-order valence-corrected chi connectivity index (χ2v) is 1.75. The Kier molecular flexibility index (Phi) is 2.48. The number of Topliss-reactive ketones (excluding diaryl/α,β-unsaturated/α-hetero) is 1. The molecule has 0 amide bonds. The normalized spacial score (nSPS) is 17.5. The van der Waals surface area contributed by atoms with Crippen molar-refractivity contribution in [1.82, 2.24) is 0 Å². The van der Waals surface area contributed by atoms with E-state index >= 15 is 0 Å². The summed E-state index contributed by atoms with van der Waals surface area (Å²) >= 11 is 0. The summed E-state index contributed by atoms with van der Waals surface area (Å²) in [6.07, 6.45) is 1.09. The zero-order valence-electron chi connectivity index (χ0n) is 5.56. The number of hydrogen-bond acceptors (Lipinski definition) is 4. The molecule has 0 spiro atoms. The second-order valence-electron chi connectivity index (χ2n) is 1.75. The van der Waals surface area contributed by atoms with E-state index in [1.54, 1.807) is 0 Å². The fraction of sp³-hybridized carbons (Fsp3) is 0.400. The van der Waals surface area contributed by atoms with Gasteiger partial charge in [-0.2, -0.15) is 0 Å². The van der Waals surface area contributed by atoms with Crippen LogP contribution < -0.4 is 0 Å². The Hall–Kier alpha value is -1.52. The van der Waals surface area contributed by atoms with Gasteiger partial charge in [0.1, 0.15) is 12.3 Å². The molecule has 0 bridgehead atoms. The summed E-state index contributed by atoms with van der Waals surface area (Å²) in [5, 5.41) is 3.11. The molecule has 0 atom stereocenters. The smallest absolute Gasteiger partial charge is 0.194 e. The summed E-state index contributed by atoms with van der Waals surface area (Å²) < 4.78 is 9.34. The molecular formula is C5H5N3O3. The van der Waals surface area contributed by atoms with Crippen LogP contribution in [0.4, 0.5) is 0 Å². The molecule has 0 N–H and O–H groups in total. The molecule has 0 aromatic heterocycles. The molecule has 58 valence electrons. The van der Waals surface area contributed by atoms with Crippen molar-refractivity contribution in [1.29, 1.82) is 0 Å². The van der Waals surface area contributed by atoms with Crippen LogP contribution in [0.25, 0.3) is 10.4 Å². The molecule has 1 aliphatic heterocycles. The van der Waals surface area contributed by atoms with Gasteiger partial charge in [0.2, 0.25) is 0 Å². The standard InChI is InChI=1S/C5H5N3O3/c6-8-7-4-1-10-3-11-2-5(4)9/h1H,2-3H2. The maximum atomic E-state index is 10.9. The largest absolute Gasteiger partial charge is 0.475 e. The molecule has 11 heavy (non-hydrogen) atoms. The number of carbonyl (C=O) groups is 1. The van der Waals surface area contributed by atoms with Crippen LogP contribution in [-0.2, 0) is 14.3 Å². The van der Waals surface area contributed by atoms with Gasteiger partial charge in [-0.15, -0.1) is 0 Å². The highest BCUT2D eigenvalue weighted by Crippen LogP contribution is 2.04. The van der Waals surface area contributed by atoms with Crippen molar-refractivity contribution in [2.24, 2.45) is 5.11 Å². The molecule has 0 aliphatic carbocycles. The molecule has 6 heteroatoms. The molecule has 1 aliphatic rings. The third kappa shape index (κ3) is 1.96. The average Bonchev–Trinajstić information content (AvgIpc) is 2.18. The Morgan fingerprint density at radius 1 is 1.73 bits per heavy atom. The van der Waals surface area contributed by atoms with Gasteiger partial charge in [-0.05, 0) is 5.53 Å². The molecule has 0 radical (unpaired) electrons. The molecule has 0 unspecified atom stereocenters. The summed E-state index contributed by atoms with van der Waals surface area (Å²) in [6.45, 7) is -0.0962. The van der Waals surface area contributed by atoms with Crippen LogP contribution in [0.5, 0.6) is 0 Å². The number of ketones is 1. The van der Waals surface area contributed by atoms with Crippen LogP contribution in [0.3, 0.4) is 0 Å². The van der Waals surface area contributed by atoms with Gasteiger partial charge >= 0.3 is 0 Å². The Bertz CT molecular complexity index is 241. The van der Waals surface area contributed by atoms with Gasteiger partial charge in [0.15, 0.2) is 12.6 Å². The lowest BCUT2D eigenvalue weighted by Crippen LogP contribution is -2.07. The maximum Gasteiger partial charge on any atom is 0.194 e. The van der Waals surface area contributed by atoms with Gasteiger partial charge in [-0.1, -0.05) is 5.11 Å². The first kappa shape index (κ1) is 7.59. The lowest BCUT2D eigenvalue weighted by molar-refractivity contribution is -0.121. The first-order valence-corrected chi connectivity index (χ1v) is 2.82. The van der Waals surface area contributed by atoms with Gasteiger partial charge in [0, 0.05) is 4.91 Å². The van der Waals surface area contributed by atoms with E-state index in [9.17, 15) is 4.79 Å².